The Morgan fingerprint density at radius 2 is 2.32 bits per heavy atom. The quantitative estimate of drug-likeness (QED) is 0.835. The summed E-state index contributed by atoms with van der Waals surface area (Å²) in [6.07, 6.45) is 2.45. The van der Waals surface area contributed by atoms with E-state index in [1.54, 1.807) is 6.07 Å². The van der Waals surface area contributed by atoms with Crippen LogP contribution in [0.1, 0.15) is 23.7 Å². The Kier molecular flexibility index (Phi) is 4.27. The average molecular weight is 283 g/mol. The van der Waals surface area contributed by atoms with E-state index in [2.05, 4.69) is 23.9 Å². The van der Waals surface area contributed by atoms with Crippen molar-refractivity contribution in [2.45, 2.75) is 19.4 Å². The third-order valence-corrected chi connectivity index (χ3v) is 3.87. The molecular formula is C13H19ClN4O. The number of pyridine rings is 1. The Bertz CT molecular complexity index is 480. The molecule has 1 saturated heterocycles. The summed E-state index contributed by atoms with van der Waals surface area (Å²) >= 11 is 5.83. The first kappa shape index (κ1) is 14.1. The third-order valence-electron chi connectivity index (χ3n) is 3.67. The number of carbonyl (C=O) groups is 1. The van der Waals surface area contributed by atoms with E-state index in [4.69, 9.17) is 17.3 Å². The number of hydrogen-bond acceptors (Lipinski definition) is 4. The number of likely N-dealkylation sites (N-methyl/N-ethyl adjacent to an activating group) is 1. The lowest BCUT2D eigenvalue weighted by atomic mass is 10.1. The van der Waals surface area contributed by atoms with E-state index in [-0.39, 0.29) is 5.91 Å². The molecule has 1 aromatic rings. The summed E-state index contributed by atoms with van der Waals surface area (Å²) in [5.74, 6) is -0.0617. The molecule has 0 aromatic carbocycles. The molecule has 1 amide bonds. The van der Waals surface area contributed by atoms with Gasteiger partial charge < -0.3 is 10.6 Å². The Morgan fingerprint density at radius 3 is 3.00 bits per heavy atom. The van der Waals surface area contributed by atoms with Crippen molar-refractivity contribution >= 4 is 23.2 Å². The van der Waals surface area contributed by atoms with Crippen molar-refractivity contribution in [2.24, 2.45) is 0 Å². The Hall–Kier alpha value is -1.33. The van der Waals surface area contributed by atoms with Crippen LogP contribution in [0, 0.1) is 0 Å². The molecule has 6 heteroatoms. The maximum atomic E-state index is 12.5. The van der Waals surface area contributed by atoms with Crippen molar-refractivity contribution in [3.05, 3.63) is 23.0 Å². The minimum absolute atomic E-state index is 0.0617. The number of halogens is 1. The van der Waals surface area contributed by atoms with Gasteiger partial charge in [-0.05, 0) is 19.5 Å². The van der Waals surface area contributed by atoms with E-state index in [0.29, 0.717) is 29.0 Å². The van der Waals surface area contributed by atoms with E-state index < -0.39 is 0 Å². The molecule has 0 saturated carbocycles. The average Bonchev–Trinajstić information content (AvgIpc) is 2.41. The fourth-order valence-electron chi connectivity index (χ4n) is 2.37. The molecule has 104 valence electrons. The number of anilines is 1. The number of nitrogens with zero attached hydrogens (tertiary/aromatic N) is 3. The summed E-state index contributed by atoms with van der Waals surface area (Å²) in [5.41, 5.74) is 6.63. The zero-order chi connectivity index (χ0) is 14.0. The SMILES string of the molecule is CCC1CN(C(=O)c2cc(Cl)ncc2N)CCN1C. The standard InChI is InChI=1S/C13H19ClN4O/c1-3-9-8-18(5-4-17(9)2)13(19)10-6-12(14)16-7-11(10)15/h6-7,9H,3-5,8,15H2,1-2H3. The molecule has 1 aromatic heterocycles. The number of nitrogens with two attached hydrogens (primary N) is 1. The first-order valence-electron chi connectivity index (χ1n) is 6.43. The van der Waals surface area contributed by atoms with Crippen LogP contribution in [0.4, 0.5) is 5.69 Å². The van der Waals surface area contributed by atoms with Crippen LogP contribution in [-0.2, 0) is 0 Å². The van der Waals surface area contributed by atoms with Crippen LogP contribution >= 0.6 is 11.6 Å². The molecule has 5 nitrogen and oxygen atoms in total. The van der Waals surface area contributed by atoms with Gasteiger partial charge in [-0.3, -0.25) is 9.69 Å². The molecule has 1 fully saturated rings. The Balaban J connectivity index is 2.18. The van der Waals surface area contributed by atoms with Gasteiger partial charge in [-0.25, -0.2) is 4.98 Å². The second kappa shape index (κ2) is 5.75. The highest BCUT2D eigenvalue weighted by Gasteiger charge is 2.27. The second-order valence-electron chi connectivity index (χ2n) is 4.89. The van der Waals surface area contributed by atoms with E-state index in [1.807, 2.05) is 4.90 Å². The zero-order valence-corrected chi connectivity index (χ0v) is 12.0. The van der Waals surface area contributed by atoms with Gasteiger partial charge in [0.05, 0.1) is 17.4 Å². The molecular weight excluding hydrogens is 264 g/mol. The molecule has 0 spiro atoms. The summed E-state index contributed by atoms with van der Waals surface area (Å²) in [6, 6.07) is 1.94. The van der Waals surface area contributed by atoms with Gasteiger partial charge in [0.1, 0.15) is 5.15 Å². The Morgan fingerprint density at radius 1 is 1.58 bits per heavy atom. The van der Waals surface area contributed by atoms with Crippen LogP contribution < -0.4 is 5.73 Å². The highest BCUT2D eigenvalue weighted by Crippen LogP contribution is 2.19. The van der Waals surface area contributed by atoms with Gasteiger partial charge in [-0.1, -0.05) is 18.5 Å². The molecule has 2 N–H and O–H groups in total. The van der Waals surface area contributed by atoms with Gasteiger partial charge in [0.15, 0.2) is 0 Å². The fraction of sp³-hybridized carbons (Fsp3) is 0.538. The van der Waals surface area contributed by atoms with Gasteiger partial charge in [0.25, 0.3) is 5.91 Å². The number of amides is 1. The van der Waals surface area contributed by atoms with Gasteiger partial charge in [-0.15, -0.1) is 0 Å². The molecule has 0 bridgehead atoms. The van der Waals surface area contributed by atoms with E-state index in [9.17, 15) is 4.79 Å². The molecule has 1 unspecified atom stereocenters. The monoisotopic (exact) mass is 282 g/mol. The summed E-state index contributed by atoms with van der Waals surface area (Å²) in [5, 5.41) is 0.290. The predicted octanol–water partition coefficient (Wildman–Crippen LogP) is 1.48. The van der Waals surface area contributed by atoms with Crippen LogP contribution in [0.15, 0.2) is 12.3 Å². The van der Waals surface area contributed by atoms with Crippen molar-refractivity contribution in [1.82, 2.24) is 14.8 Å². The van der Waals surface area contributed by atoms with Crippen LogP contribution in [0.3, 0.4) is 0 Å². The number of aromatic nitrogens is 1. The van der Waals surface area contributed by atoms with Crippen LogP contribution in [0.25, 0.3) is 0 Å². The third kappa shape index (κ3) is 2.98. The largest absolute Gasteiger partial charge is 0.397 e. The maximum absolute atomic E-state index is 12.5. The lowest BCUT2D eigenvalue weighted by Crippen LogP contribution is -2.53. The molecule has 1 atom stereocenters. The lowest BCUT2D eigenvalue weighted by Gasteiger charge is -2.39. The predicted molar refractivity (Wildman–Crippen MR) is 76.3 cm³/mol. The minimum Gasteiger partial charge on any atom is -0.397 e. The van der Waals surface area contributed by atoms with Gasteiger partial charge >= 0.3 is 0 Å². The first-order chi connectivity index (χ1) is 9.02. The lowest BCUT2D eigenvalue weighted by molar-refractivity contribution is 0.0543. The highest BCUT2D eigenvalue weighted by atomic mass is 35.5. The summed E-state index contributed by atoms with van der Waals surface area (Å²) < 4.78 is 0. The number of piperazine rings is 1. The smallest absolute Gasteiger partial charge is 0.256 e. The van der Waals surface area contributed by atoms with E-state index in [1.165, 1.54) is 6.20 Å². The van der Waals surface area contributed by atoms with Crippen molar-refractivity contribution < 1.29 is 4.79 Å². The molecule has 2 rings (SSSR count). The van der Waals surface area contributed by atoms with E-state index >= 15 is 0 Å². The Labute approximate surface area is 118 Å². The minimum atomic E-state index is -0.0617. The molecule has 19 heavy (non-hydrogen) atoms. The molecule has 1 aliphatic rings. The normalized spacial score (nSPS) is 20.6. The molecule has 0 aliphatic carbocycles. The number of carbonyl (C=O) groups excluding carboxylic acids is 1. The van der Waals surface area contributed by atoms with Gasteiger partial charge in [0.2, 0.25) is 0 Å². The molecule has 0 radical (unpaired) electrons. The number of hydrogen-bond donors (Lipinski definition) is 1. The summed E-state index contributed by atoms with van der Waals surface area (Å²) in [4.78, 5) is 20.5. The zero-order valence-electron chi connectivity index (χ0n) is 11.3. The highest BCUT2D eigenvalue weighted by molar-refractivity contribution is 6.29. The van der Waals surface area contributed by atoms with Crippen molar-refractivity contribution in [3.8, 4) is 0 Å². The summed E-state index contributed by atoms with van der Waals surface area (Å²) in [7, 11) is 2.09. The van der Waals surface area contributed by atoms with Crippen molar-refractivity contribution in [1.29, 1.82) is 0 Å². The maximum Gasteiger partial charge on any atom is 0.256 e. The second-order valence-corrected chi connectivity index (χ2v) is 5.28. The van der Waals surface area contributed by atoms with Crippen molar-refractivity contribution in [3.63, 3.8) is 0 Å². The molecule has 2 heterocycles. The van der Waals surface area contributed by atoms with Gasteiger partial charge in [0, 0.05) is 25.7 Å². The first-order valence-corrected chi connectivity index (χ1v) is 6.81. The van der Waals surface area contributed by atoms with Crippen LogP contribution in [0.5, 0.6) is 0 Å². The molecule has 1 aliphatic heterocycles. The number of rotatable bonds is 2. The summed E-state index contributed by atoms with van der Waals surface area (Å²) in [6.45, 7) is 4.45. The fourth-order valence-corrected chi connectivity index (χ4v) is 2.53. The van der Waals surface area contributed by atoms with Gasteiger partial charge in [-0.2, -0.15) is 0 Å². The van der Waals surface area contributed by atoms with Crippen LogP contribution in [-0.4, -0.2) is 53.4 Å². The van der Waals surface area contributed by atoms with Crippen molar-refractivity contribution in [2.75, 3.05) is 32.4 Å². The van der Waals surface area contributed by atoms with E-state index in [0.717, 1.165) is 19.5 Å². The topological polar surface area (TPSA) is 62.5 Å². The number of nitrogen functional groups attached to an aromatic ring is 1. The van der Waals surface area contributed by atoms with Crippen LogP contribution in [0.2, 0.25) is 5.15 Å².